The summed E-state index contributed by atoms with van der Waals surface area (Å²) in [5, 5.41) is 8.92. The Kier molecular flexibility index (Phi) is 3.06. The van der Waals surface area contributed by atoms with Crippen molar-refractivity contribution in [1.29, 1.82) is 0 Å². The molecule has 0 radical (unpaired) electrons. The van der Waals surface area contributed by atoms with Gasteiger partial charge in [-0.3, -0.25) is 4.72 Å². The van der Waals surface area contributed by atoms with Crippen LogP contribution in [0.3, 0.4) is 0 Å². The zero-order chi connectivity index (χ0) is 12.5. The molecule has 0 heterocycles. The summed E-state index contributed by atoms with van der Waals surface area (Å²) in [4.78, 5) is 10.9. The molecular formula is C11H13NO4S. The first-order chi connectivity index (χ1) is 7.98. The summed E-state index contributed by atoms with van der Waals surface area (Å²) in [7, 11) is -3.44. The second kappa shape index (κ2) is 4.37. The molecule has 2 N–H and O–H groups in total. The maximum atomic E-state index is 11.7. The van der Waals surface area contributed by atoms with Crippen LogP contribution in [0.15, 0.2) is 24.3 Å². The Labute approximate surface area is 99.5 Å². The van der Waals surface area contributed by atoms with E-state index in [1.807, 2.05) is 0 Å². The molecule has 5 nitrogen and oxygen atoms in total. The van der Waals surface area contributed by atoms with Crippen LogP contribution in [0, 0.1) is 5.92 Å². The maximum Gasteiger partial charge on any atom is 0.337 e. The number of hydrogen-bond donors (Lipinski definition) is 2. The number of anilines is 1. The highest BCUT2D eigenvalue weighted by atomic mass is 32.2. The molecule has 17 heavy (non-hydrogen) atoms. The van der Waals surface area contributed by atoms with Gasteiger partial charge in [-0.2, -0.15) is 0 Å². The normalized spacial score (nSPS) is 15.5. The molecule has 0 aliphatic heterocycles. The second-order valence-electron chi connectivity index (χ2n) is 4.18. The summed E-state index contributed by atoms with van der Waals surface area (Å²) >= 11 is 0. The monoisotopic (exact) mass is 255 g/mol. The van der Waals surface area contributed by atoms with Gasteiger partial charge >= 0.3 is 5.97 Å². The van der Waals surface area contributed by atoms with Crippen molar-refractivity contribution in [1.82, 2.24) is 0 Å². The zero-order valence-corrected chi connectivity index (χ0v) is 9.90. The van der Waals surface area contributed by atoms with Crippen LogP contribution >= 0.6 is 0 Å². The van der Waals surface area contributed by atoms with E-state index in [0.717, 1.165) is 12.8 Å². The van der Waals surface area contributed by atoms with Gasteiger partial charge in [0.25, 0.3) is 0 Å². The fraction of sp³-hybridized carbons (Fsp3) is 0.364. The Morgan fingerprint density at radius 3 is 2.59 bits per heavy atom. The van der Waals surface area contributed by atoms with E-state index >= 15 is 0 Å². The molecule has 0 atom stereocenters. The first-order valence-electron chi connectivity index (χ1n) is 5.31. The lowest BCUT2D eigenvalue weighted by Gasteiger charge is -2.09. The molecule has 6 heteroatoms. The van der Waals surface area contributed by atoms with Crippen LogP contribution in [0.4, 0.5) is 5.69 Å². The van der Waals surface area contributed by atoms with Gasteiger partial charge in [0.2, 0.25) is 10.0 Å². The summed E-state index contributed by atoms with van der Waals surface area (Å²) in [5.74, 6) is -0.847. The number of para-hydroxylation sites is 1. The standard InChI is InChI=1S/C11H13NO4S/c13-11(14)9-3-1-2-4-10(9)12-17(15,16)7-8-5-6-8/h1-4,8,12H,5-7H2,(H,13,14). The van der Waals surface area contributed by atoms with E-state index in [1.54, 1.807) is 12.1 Å². The van der Waals surface area contributed by atoms with E-state index in [0.29, 0.717) is 0 Å². The molecule has 92 valence electrons. The summed E-state index contributed by atoms with van der Waals surface area (Å²) in [5.41, 5.74) is 0.0903. The third kappa shape index (κ3) is 3.20. The SMILES string of the molecule is O=C(O)c1ccccc1NS(=O)(=O)CC1CC1. The van der Waals surface area contributed by atoms with Crippen LogP contribution in [0.2, 0.25) is 0 Å². The zero-order valence-electron chi connectivity index (χ0n) is 9.09. The molecule has 1 aromatic carbocycles. The summed E-state index contributed by atoms with van der Waals surface area (Å²) in [6.45, 7) is 0. The minimum absolute atomic E-state index is 0.0353. The number of sulfonamides is 1. The van der Waals surface area contributed by atoms with Crippen LogP contribution in [-0.2, 0) is 10.0 Å². The van der Waals surface area contributed by atoms with Crippen molar-refractivity contribution in [3.63, 3.8) is 0 Å². The Balaban J connectivity index is 2.20. The van der Waals surface area contributed by atoms with Crippen molar-refractivity contribution >= 4 is 21.7 Å². The Morgan fingerprint density at radius 2 is 2.00 bits per heavy atom. The summed E-state index contributed by atoms with van der Waals surface area (Å²) in [6, 6.07) is 5.98. The van der Waals surface area contributed by atoms with Crippen molar-refractivity contribution in [3.8, 4) is 0 Å². The number of hydrogen-bond acceptors (Lipinski definition) is 3. The topological polar surface area (TPSA) is 83.5 Å². The minimum Gasteiger partial charge on any atom is -0.478 e. The molecule has 0 bridgehead atoms. The number of aromatic carboxylic acids is 1. The highest BCUT2D eigenvalue weighted by Gasteiger charge is 2.28. The Bertz CT molecular complexity index is 534. The predicted molar refractivity (Wildman–Crippen MR) is 63.5 cm³/mol. The van der Waals surface area contributed by atoms with Gasteiger partial charge in [0, 0.05) is 0 Å². The van der Waals surface area contributed by atoms with E-state index in [4.69, 9.17) is 5.11 Å². The molecule has 0 amide bonds. The third-order valence-electron chi connectivity index (χ3n) is 2.57. The highest BCUT2D eigenvalue weighted by molar-refractivity contribution is 7.92. The van der Waals surface area contributed by atoms with Crippen LogP contribution in [0.5, 0.6) is 0 Å². The van der Waals surface area contributed by atoms with Crippen LogP contribution in [-0.4, -0.2) is 25.2 Å². The van der Waals surface area contributed by atoms with E-state index in [-0.39, 0.29) is 22.9 Å². The van der Waals surface area contributed by atoms with Gasteiger partial charge in [0.05, 0.1) is 17.0 Å². The van der Waals surface area contributed by atoms with E-state index < -0.39 is 16.0 Å². The lowest BCUT2D eigenvalue weighted by molar-refractivity contribution is 0.0698. The van der Waals surface area contributed by atoms with Crippen molar-refractivity contribution in [2.24, 2.45) is 5.92 Å². The van der Waals surface area contributed by atoms with Crippen molar-refractivity contribution < 1.29 is 18.3 Å². The van der Waals surface area contributed by atoms with E-state index in [2.05, 4.69) is 4.72 Å². The lowest BCUT2D eigenvalue weighted by atomic mass is 10.2. The first-order valence-corrected chi connectivity index (χ1v) is 6.96. The average molecular weight is 255 g/mol. The van der Waals surface area contributed by atoms with E-state index in [1.165, 1.54) is 12.1 Å². The Hall–Kier alpha value is -1.56. The molecular weight excluding hydrogens is 242 g/mol. The van der Waals surface area contributed by atoms with Gasteiger partial charge in [-0.1, -0.05) is 12.1 Å². The number of benzene rings is 1. The number of carboxylic acids is 1. The molecule has 0 spiro atoms. The van der Waals surface area contributed by atoms with Gasteiger partial charge in [0.15, 0.2) is 0 Å². The lowest BCUT2D eigenvalue weighted by Crippen LogP contribution is -2.19. The van der Waals surface area contributed by atoms with Crippen molar-refractivity contribution in [2.75, 3.05) is 10.5 Å². The molecule has 2 rings (SSSR count). The average Bonchev–Trinajstić information content (AvgIpc) is 3.00. The van der Waals surface area contributed by atoms with Crippen molar-refractivity contribution in [2.45, 2.75) is 12.8 Å². The van der Waals surface area contributed by atoms with Gasteiger partial charge in [0.1, 0.15) is 0 Å². The molecule has 1 saturated carbocycles. The van der Waals surface area contributed by atoms with Crippen LogP contribution in [0.25, 0.3) is 0 Å². The summed E-state index contributed by atoms with van der Waals surface area (Å²) in [6.07, 6.45) is 1.86. The van der Waals surface area contributed by atoms with Gasteiger partial charge in [-0.25, -0.2) is 13.2 Å². The minimum atomic E-state index is -3.44. The molecule has 0 saturated heterocycles. The molecule has 0 unspecified atom stereocenters. The first kappa shape index (κ1) is 11.9. The fourth-order valence-electron chi connectivity index (χ4n) is 1.56. The van der Waals surface area contributed by atoms with Crippen LogP contribution < -0.4 is 4.72 Å². The number of rotatable bonds is 5. The fourth-order valence-corrected chi connectivity index (χ4v) is 3.11. The Morgan fingerprint density at radius 1 is 1.35 bits per heavy atom. The second-order valence-corrected chi connectivity index (χ2v) is 5.94. The molecule has 1 aliphatic carbocycles. The smallest absolute Gasteiger partial charge is 0.337 e. The number of carboxylic acid groups (broad SMARTS) is 1. The highest BCUT2D eigenvalue weighted by Crippen LogP contribution is 2.31. The molecule has 1 aromatic rings. The van der Waals surface area contributed by atoms with Crippen molar-refractivity contribution in [3.05, 3.63) is 29.8 Å². The largest absolute Gasteiger partial charge is 0.478 e. The quantitative estimate of drug-likeness (QED) is 0.835. The number of carbonyl (C=O) groups is 1. The van der Waals surface area contributed by atoms with Crippen LogP contribution in [0.1, 0.15) is 23.2 Å². The summed E-state index contributed by atoms with van der Waals surface area (Å²) < 4.78 is 25.8. The predicted octanol–water partition coefficient (Wildman–Crippen LogP) is 1.54. The third-order valence-corrected chi connectivity index (χ3v) is 4.02. The number of nitrogens with one attached hydrogen (secondary N) is 1. The molecule has 1 aliphatic rings. The van der Waals surface area contributed by atoms with Gasteiger partial charge in [-0.05, 0) is 30.9 Å². The molecule has 0 aromatic heterocycles. The maximum absolute atomic E-state index is 11.7. The van der Waals surface area contributed by atoms with Gasteiger partial charge in [-0.15, -0.1) is 0 Å². The van der Waals surface area contributed by atoms with Gasteiger partial charge < -0.3 is 5.11 Å². The molecule has 1 fully saturated rings. The van der Waals surface area contributed by atoms with E-state index in [9.17, 15) is 13.2 Å².